The van der Waals surface area contributed by atoms with E-state index < -0.39 is 0 Å². The quantitative estimate of drug-likeness (QED) is 0.855. The zero-order valence-corrected chi connectivity index (χ0v) is 17.0. The summed E-state index contributed by atoms with van der Waals surface area (Å²) in [5.41, 5.74) is 2.40. The molecule has 0 radical (unpaired) electrons. The van der Waals surface area contributed by atoms with Gasteiger partial charge in [-0.25, -0.2) is 4.79 Å². The monoisotopic (exact) mass is 394 g/mol. The van der Waals surface area contributed by atoms with Crippen LogP contribution in [-0.2, 0) is 4.79 Å². The second kappa shape index (κ2) is 7.39. The second-order valence-electron chi connectivity index (χ2n) is 8.27. The topological polar surface area (TPSA) is 74.8 Å². The van der Waals surface area contributed by atoms with Crippen LogP contribution in [0.25, 0.3) is 0 Å². The Morgan fingerprint density at radius 3 is 2.62 bits per heavy atom. The number of pyridine rings is 1. The van der Waals surface area contributed by atoms with Crippen molar-refractivity contribution in [2.45, 2.75) is 32.7 Å². The van der Waals surface area contributed by atoms with Crippen molar-refractivity contribution >= 4 is 23.3 Å². The summed E-state index contributed by atoms with van der Waals surface area (Å²) in [7, 11) is 1.58. The first-order valence-electron chi connectivity index (χ1n) is 9.87. The van der Waals surface area contributed by atoms with Crippen molar-refractivity contribution in [1.82, 2.24) is 9.88 Å². The largest absolute Gasteiger partial charge is 0.495 e. The number of nitrogens with one attached hydrogen (secondary N) is 1. The van der Waals surface area contributed by atoms with Gasteiger partial charge in [-0.3, -0.25) is 9.78 Å². The number of urea groups is 1. The Bertz CT molecular complexity index is 929. The molecule has 3 heterocycles. The van der Waals surface area contributed by atoms with Gasteiger partial charge in [0, 0.05) is 43.0 Å². The zero-order valence-electron chi connectivity index (χ0n) is 17.0. The average molecular weight is 394 g/mol. The third-order valence-corrected chi connectivity index (χ3v) is 5.71. The highest BCUT2D eigenvalue weighted by Crippen LogP contribution is 2.48. The van der Waals surface area contributed by atoms with Crippen molar-refractivity contribution < 1.29 is 14.3 Å². The van der Waals surface area contributed by atoms with Crippen LogP contribution < -0.4 is 15.0 Å². The molecule has 1 aromatic heterocycles. The van der Waals surface area contributed by atoms with Gasteiger partial charge in [-0.1, -0.05) is 13.8 Å². The van der Waals surface area contributed by atoms with Gasteiger partial charge in [0.1, 0.15) is 5.75 Å². The number of hydrogen-bond donors (Lipinski definition) is 1. The van der Waals surface area contributed by atoms with Crippen LogP contribution in [0.1, 0.15) is 38.3 Å². The van der Waals surface area contributed by atoms with Gasteiger partial charge in [0.25, 0.3) is 0 Å². The summed E-state index contributed by atoms with van der Waals surface area (Å²) >= 11 is 0. The van der Waals surface area contributed by atoms with E-state index in [1.165, 1.54) is 0 Å². The smallest absolute Gasteiger partial charge is 0.322 e. The van der Waals surface area contributed by atoms with E-state index in [4.69, 9.17) is 4.74 Å². The number of aromatic nitrogens is 1. The Morgan fingerprint density at radius 2 is 2.00 bits per heavy atom. The van der Waals surface area contributed by atoms with Gasteiger partial charge in [0.15, 0.2) is 0 Å². The van der Waals surface area contributed by atoms with Crippen molar-refractivity contribution in [3.63, 3.8) is 0 Å². The number of hydrogen-bond acceptors (Lipinski definition) is 4. The third-order valence-electron chi connectivity index (χ3n) is 5.71. The molecule has 7 heteroatoms. The van der Waals surface area contributed by atoms with E-state index in [0.29, 0.717) is 36.6 Å². The van der Waals surface area contributed by atoms with E-state index in [1.54, 1.807) is 36.5 Å². The van der Waals surface area contributed by atoms with Crippen LogP contribution in [0.5, 0.6) is 5.75 Å². The van der Waals surface area contributed by atoms with Gasteiger partial charge >= 0.3 is 6.03 Å². The summed E-state index contributed by atoms with van der Waals surface area (Å²) in [5, 5.41) is 2.99. The average Bonchev–Trinajstić information content (AvgIpc) is 3.12. The molecule has 2 fully saturated rings. The van der Waals surface area contributed by atoms with Crippen molar-refractivity contribution in [2.24, 2.45) is 5.41 Å². The standard InChI is InChI=1S/C22H26N4O3/c1-22(2)14-26(20(22)15-8-10-23-11-9-15)21(28)24-16-6-7-18(29-3)17(13-16)25-12-4-5-19(25)27/h6-11,13,20H,4-5,12,14H2,1-3H3,(H,24,28). The van der Waals surface area contributed by atoms with Crippen LogP contribution in [0.4, 0.5) is 16.2 Å². The molecule has 1 unspecified atom stereocenters. The van der Waals surface area contributed by atoms with Gasteiger partial charge in [-0.15, -0.1) is 0 Å². The molecule has 0 spiro atoms. The zero-order chi connectivity index (χ0) is 20.6. The number of benzene rings is 1. The lowest BCUT2D eigenvalue weighted by atomic mass is 9.72. The molecule has 0 saturated carbocycles. The predicted molar refractivity (Wildman–Crippen MR) is 111 cm³/mol. The van der Waals surface area contributed by atoms with Crippen molar-refractivity contribution in [3.8, 4) is 5.75 Å². The maximum Gasteiger partial charge on any atom is 0.322 e. The highest BCUT2D eigenvalue weighted by molar-refractivity contribution is 5.98. The fourth-order valence-corrected chi connectivity index (χ4v) is 4.37. The molecule has 2 aliphatic heterocycles. The molecule has 0 bridgehead atoms. The molecular formula is C22H26N4O3. The number of anilines is 2. The first kappa shape index (κ1) is 19.2. The SMILES string of the molecule is COc1ccc(NC(=O)N2CC(C)(C)C2c2ccncc2)cc1N1CCCC1=O. The summed E-state index contributed by atoms with van der Waals surface area (Å²) in [6.45, 7) is 5.65. The number of carbonyl (C=O) groups excluding carboxylic acids is 2. The molecule has 1 aromatic carbocycles. The van der Waals surface area contributed by atoms with Gasteiger partial charge in [-0.2, -0.15) is 0 Å². The molecule has 2 aromatic rings. The lowest BCUT2D eigenvalue weighted by molar-refractivity contribution is -0.117. The van der Waals surface area contributed by atoms with E-state index in [9.17, 15) is 9.59 Å². The van der Waals surface area contributed by atoms with Crippen LogP contribution in [0.2, 0.25) is 0 Å². The van der Waals surface area contributed by atoms with E-state index in [2.05, 4.69) is 24.1 Å². The summed E-state index contributed by atoms with van der Waals surface area (Å²) in [5.74, 6) is 0.701. The van der Waals surface area contributed by atoms with E-state index >= 15 is 0 Å². The molecule has 2 saturated heterocycles. The number of rotatable bonds is 4. The summed E-state index contributed by atoms with van der Waals surface area (Å²) in [6, 6.07) is 9.14. The van der Waals surface area contributed by atoms with Crippen LogP contribution in [0.3, 0.4) is 0 Å². The molecular weight excluding hydrogens is 368 g/mol. The van der Waals surface area contributed by atoms with Gasteiger partial charge in [-0.05, 0) is 42.3 Å². The molecule has 7 nitrogen and oxygen atoms in total. The number of nitrogens with zero attached hydrogens (tertiary/aromatic N) is 3. The van der Waals surface area contributed by atoms with Gasteiger partial charge in [0.2, 0.25) is 5.91 Å². The fraction of sp³-hybridized carbons (Fsp3) is 0.409. The van der Waals surface area contributed by atoms with Crippen LogP contribution >= 0.6 is 0 Å². The number of amides is 3. The summed E-state index contributed by atoms with van der Waals surface area (Å²) < 4.78 is 5.43. The van der Waals surface area contributed by atoms with Crippen LogP contribution in [-0.4, -0.2) is 42.0 Å². The number of methoxy groups -OCH3 is 1. The highest BCUT2D eigenvalue weighted by atomic mass is 16.5. The normalized spacial score (nSPS) is 20.4. The summed E-state index contributed by atoms with van der Waals surface area (Å²) in [4.78, 5) is 32.8. The van der Waals surface area contributed by atoms with Gasteiger partial charge < -0.3 is 19.9 Å². The minimum Gasteiger partial charge on any atom is -0.495 e. The van der Waals surface area contributed by atoms with Gasteiger partial charge in [0.05, 0.1) is 18.8 Å². The molecule has 29 heavy (non-hydrogen) atoms. The minimum atomic E-state index is -0.157. The van der Waals surface area contributed by atoms with Crippen molar-refractivity contribution in [1.29, 1.82) is 0 Å². The van der Waals surface area contributed by atoms with Crippen LogP contribution in [0.15, 0.2) is 42.7 Å². The van der Waals surface area contributed by atoms with Crippen molar-refractivity contribution in [2.75, 3.05) is 30.4 Å². The first-order valence-corrected chi connectivity index (χ1v) is 9.87. The van der Waals surface area contributed by atoms with E-state index in [-0.39, 0.29) is 23.4 Å². The highest BCUT2D eigenvalue weighted by Gasteiger charge is 2.48. The molecule has 4 rings (SSSR count). The molecule has 0 aliphatic carbocycles. The lowest BCUT2D eigenvalue weighted by Crippen LogP contribution is -2.59. The molecule has 3 amide bonds. The number of ether oxygens (including phenoxy) is 1. The fourth-order valence-electron chi connectivity index (χ4n) is 4.37. The van der Waals surface area contributed by atoms with E-state index in [0.717, 1.165) is 12.0 Å². The Morgan fingerprint density at radius 1 is 1.24 bits per heavy atom. The summed E-state index contributed by atoms with van der Waals surface area (Å²) in [6.07, 6.45) is 4.87. The Kier molecular flexibility index (Phi) is 4.90. The minimum absolute atomic E-state index is 0.00820. The molecule has 152 valence electrons. The Balaban J connectivity index is 1.55. The maximum absolute atomic E-state index is 13.0. The number of likely N-dealkylation sites (tertiary alicyclic amines) is 1. The third kappa shape index (κ3) is 3.52. The molecule has 1 N–H and O–H groups in total. The second-order valence-corrected chi connectivity index (χ2v) is 8.27. The Hall–Kier alpha value is -3.09. The predicted octanol–water partition coefficient (Wildman–Crippen LogP) is 3.83. The molecule has 2 aliphatic rings. The number of carbonyl (C=O) groups is 2. The maximum atomic E-state index is 13.0. The Labute approximate surface area is 170 Å². The lowest BCUT2D eigenvalue weighted by Gasteiger charge is -2.54. The first-order chi connectivity index (χ1) is 13.9. The van der Waals surface area contributed by atoms with E-state index in [1.807, 2.05) is 23.1 Å². The molecule has 1 atom stereocenters. The van der Waals surface area contributed by atoms with Crippen molar-refractivity contribution in [3.05, 3.63) is 48.3 Å². The van der Waals surface area contributed by atoms with Crippen LogP contribution in [0, 0.1) is 5.41 Å².